The molecule has 1 unspecified atom stereocenters. The molecule has 3 amide bonds. The normalized spacial score (nSPS) is 14.8. The maximum atomic E-state index is 13.4. The third kappa shape index (κ3) is 5.95. The average Bonchev–Trinajstić information content (AvgIpc) is 2.85. The molecule has 3 N–H and O–H groups in total. The number of para-hydroxylation sites is 1. The van der Waals surface area contributed by atoms with Crippen LogP contribution in [0.15, 0.2) is 78.9 Å². The number of urea groups is 1. The van der Waals surface area contributed by atoms with Crippen LogP contribution in [0.2, 0.25) is 0 Å². The van der Waals surface area contributed by atoms with E-state index < -0.39 is 0 Å². The zero-order valence-electron chi connectivity index (χ0n) is 19.8. The van der Waals surface area contributed by atoms with Crippen LogP contribution in [0, 0.1) is 5.92 Å². The van der Waals surface area contributed by atoms with Crippen molar-refractivity contribution < 1.29 is 9.59 Å². The van der Waals surface area contributed by atoms with Crippen molar-refractivity contribution in [1.82, 2.24) is 5.32 Å². The number of hydrogen-bond acceptors (Lipinski definition) is 3. The van der Waals surface area contributed by atoms with Gasteiger partial charge in [-0.05, 0) is 61.6 Å². The van der Waals surface area contributed by atoms with E-state index in [1.54, 1.807) is 6.07 Å². The fraction of sp³-hybridized carbons (Fsp3) is 0.286. The van der Waals surface area contributed by atoms with Crippen LogP contribution in [0.1, 0.15) is 48.7 Å². The molecule has 0 radical (unpaired) electrons. The molecule has 3 aromatic carbocycles. The van der Waals surface area contributed by atoms with Crippen molar-refractivity contribution in [2.75, 3.05) is 28.6 Å². The molecule has 0 bridgehead atoms. The predicted octanol–water partition coefficient (Wildman–Crippen LogP) is 6.06. The number of benzene rings is 3. The van der Waals surface area contributed by atoms with Gasteiger partial charge in [-0.1, -0.05) is 55.5 Å². The summed E-state index contributed by atoms with van der Waals surface area (Å²) in [6, 6.07) is 24.2. The van der Waals surface area contributed by atoms with Crippen LogP contribution in [0.4, 0.5) is 21.9 Å². The standard InChI is InChI=1S/C28H32N4O2/c1-20-15-17-32(18-16-20)26-14-13-24(31-28(34)30-23-11-7-4-8-12-23)19-25(26)27(33)29-21(2)22-9-5-3-6-10-22/h3-14,19-21H,15-18H2,1-2H3,(H,29,33)(H2,30,31,34). The summed E-state index contributed by atoms with van der Waals surface area (Å²) in [6.45, 7) is 6.07. The molecule has 0 spiro atoms. The number of nitrogens with zero attached hydrogens (tertiary/aromatic N) is 1. The molecule has 1 aliphatic heterocycles. The highest BCUT2D eigenvalue weighted by atomic mass is 16.2. The molecule has 3 aromatic rings. The lowest BCUT2D eigenvalue weighted by Gasteiger charge is -2.33. The summed E-state index contributed by atoms with van der Waals surface area (Å²) in [6.07, 6.45) is 2.20. The van der Waals surface area contributed by atoms with Crippen molar-refractivity contribution in [3.8, 4) is 0 Å². The summed E-state index contributed by atoms with van der Waals surface area (Å²) in [5.74, 6) is 0.534. The minimum Gasteiger partial charge on any atom is -0.371 e. The molecule has 4 rings (SSSR count). The van der Waals surface area contributed by atoms with Gasteiger partial charge < -0.3 is 20.9 Å². The summed E-state index contributed by atoms with van der Waals surface area (Å²) in [5, 5.41) is 8.80. The Kier molecular flexibility index (Phi) is 7.48. The molecule has 1 atom stereocenters. The number of nitrogens with one attached hydrogen (secondary N) is 3. The Morgan fingerprint density at radius 2 is 1.47 bits per heavy atom. The Morgan fingerprint density at radius 1 is 0.853 bits per heavy atom. The van der Waals surface area contributed by atoms with E-state index in [9.17, 15) is 9.59 Å². The predicted molar refractivity (Wildman–Crippen MR) is 138 cm³/mol. The second kappa shape index (κ2) is 10.9. The molecule has 6 heteroatoms. The molecular weight excluding hydrogens is 424 g/mol. The van der Waals surface area contributed by atoms with Crippen molar-refractivity contribution in [2.24, 2.45) is 5.92 Å². The zero-order chi connectivity index (χ0) is 23.9. The average molecular weight is 457 g/mol. The van der Waals surface area contributed by atoms with Crippen LogP contribution in [0.25, 0.3) is 0 Å². The number of carbonyl (C=O) groups excluding carboxylic acids is 2. The van der Waals surface area contributed by atoms with Gasteiger partial charge in [0.2, 0.25) is 0 Å². The van der Waals surface area contributed by atoms with Gasteiger partial charge in [0.1, 0.15) is 0 Å². The van der Waals surface area contributed by atoms with E-state index >= 15 is 0 Å². The first kappa shape index (κ1) is 23.4. The Labute approximate surface area is 201 Å². The van der Waals surface area contributed by atoms with Gasteiger partial charge in [0.25, 0.3) is 5.91 Å². The molecular formula is C28H32N4O2. The molecule has 1 saturated heterocycles. The molecule has 34 heavy (non-hydrogen) atoms. The molecule has 0 aromatic heterocycles. The number of piperidine rings is 1. The Hall–Kier alpha value is -3.80. The van der Waals surface area contributed by atoms with E-state index in [1.807, 2.05) is 79.7 Å². The fourth-order valence-electron chi connectivity index (χ4n) is 4.24. The van der Waals surface area contributed by atoms with Gasteiger partial charge >= 0.3 is 6.03 Å². The van der Waals surface area contributed by atoms with Gasteiger partial charge in [-0.3, -0.25) is 4.79 Å². The second-order valence-electron chi connectivity index (χ2n) is 8.95. The molecule has 0 saturated carbocycles. The second-order valence-corrected chi connectivity index (χ2v) is 8.95. The highest BCUT2D eigenvalue weighted by molar-refractivity contribution is 6.04. The summed E-state index contributed by atoms with van der Waals surface area (Å²) >= 11 is 0. The number of hydrogen-bond donors (Lipinski definition) is 3. The third-order valence-electron chi connectivity index (χ3n) is 6.30. The van der Waals surface area contributed by atoms with Gasteiger partial charge in [-0.2, -0.15) is 0 Å². The third-order valence-corrected chi connectivity index (χ3v) is 6.30. The van der Waals surface area contributed by atoms with Gasteiger partial charge in [-0.25, -0.2) is 4.79 Å². The van der Waals surface area contributed by atoms with Crippen molar-refractivity contribution in [3.05, 3.63) is 90.0 Å². The zero-order valence-corrected chi connectivity index (χ0v) is 19.8. The molecule has 1 aliphatic rings. The Bertz CT molecular complexity index is 1110. The first-order valence-corrected chi connectivity index (χ1v) is 11.9. The Morgan fingerprint density at radius 3 is 2.15 bits per heavy atom. The van der Waals surface area contributed by atoms with Crippen LogP contribution in [0.3, 0.4) is 0 Å². The summed E-state index contributed by atoms with van der Waals surface area (Å²) in [7, 11) is 0. The summed E-state index contributed by atoms with van der Waals surface area (Å²) in [5.41, 5.74) is 3.78. The lowest BCUT2D eigenvalue weighted by Crippen LogP contribution is -2.35. The smallest absolute Gasteiger partial charge is 0.323 e. The molecule has 6 nitrogen and oxygen atoms in total. The topological polar surface area (TPSA) is 73.5 Å². The monoisotopic (exact) mass is 456 g/mol. The number of amides is 3. The van der Waals surface area contributed by atoms with E-state index in [0.29, 0.717) is 22.9 Å². The van der Waals surface area contributed by atoms with Crippen LogP contribution in [0.5, 0.6) is 0 Å². The van der Waals surface area contributed by atoms with E-state index in [-0.39, 0.29) is 18.0 Å². The van der Waals surface area contributed by atoms with Crippen molar-refractivity contribution in [3.63, 3.8) is 0 Å². The van der Waals surface area contributed by atoms with E-state index in [4.69, 9.17) is 0 Å². The lowest BCUT2D eigenvalue weighted by molar-refractivity contribution is 0.0940. The van der Waals surface area contributed by atoms with Crippen LogP contribution in [-0.4, -0.2) is 25.0 Å². The van der Waals surface area contributed by atoms with Crippen LogP contribution >= 0.6 is 0 Å². The molecule has 1 fully saturated rings. The van der Waals surface area contributed by atoms with Crippen molar-refractivity contribution >= 4 is 29.0 Å². The molecule has 176 valence electrons. The van der Waals surface area contributed by atoms with Gasteiger partial charge in [0.15, 0.2) is 0 Å². The van der Waals surface area contributed by atoms with E-state index in [2.05, 4.69) is 27.8 Å². The summed E-state index contributed by atoms with van der Waals surface area (Å²) < 4.78 is 0. The van der Waals surface area contributed by atoms with Gasteiger partial charge in [0, 0.05) is 30.2 Å². The van der Waals surface area contributed by atoms with Gasteiger partial charge in [-0.15, -0.1) is 0 Å². The minimum absolute atomic E-state index is 0.138. The minimum atomic E-state index is -0.352. The van der Waals surface area contributed by atoms with E-state index in [1.165, 1.54) is 0 Å². The Balaban J connectivity index is 1.55. The largest absolute Gasteiger partial charge is 0.371 e. The highest BCUT2D eigenvalue weighted by Gasteiger charge is 2.23. The van der Waals surface area contributed by atoms with Crippen LogP contribution < -0.4 is 20.9 Å². The number of rotatable bonds is 6. The summed E-state index contributed by atoms with van der Waals surface area (Å²) in [4.78, 5) is 28.2. The van der Waals surface area contributed by atoms with Crippen LogP contribution in [-0.2, 0) is 0 Å². The lowest BCUT2D eigenvalue weighted by atomic mass is 9.97. The maximum absolute atomic E-state index is 13.4. The van der Waals surface area contributed by atoms with Crippen molar-refractivity contribution in [2.45, 2.75) is 32.7 Å². The maximum Gasteiger partial charge on any atom is 0.323 e. The fourth-order valence-corrected chi connectivity index (χ4v) is 4.24. The quantitative estimate of drug-likeness (QED) is 0.422. The first-order valence-electron chi connectivity index (χ1n) is 11.9. The van der Waals surface area contributed by atoms with Crippen molar-refractivity contribution in [1.29, 1.82) is 0 Å². The molecule has 0 aliphatic carbocycles. The molecule has 1 heterocycles. The first-order chi connectivity index (χ1) is 16.5. The SMILES string of the molecule is CC1CCN(c2ccc(NC(=O)Nc3ccccc3)cc2C(=O)NC(C)c2ccccc2)CC1. The highest BCUT2D eigenvalue weighted by Crippen LogP contribution is 2.29. The van der Waals surface area contributed by atoms with Gasteiger partial charge in [0.05, 0.1) is 11.6 Å². The number of anilines is 3. The number of carbonyl (C=O) groups is 2. The van der Waals surface area contributed by atoms with E-state index in [0.717, 1.165) is 37.2 Å².